The molecule has 8 heteroatoms. The Morgan fingerprint density at radius 2 is 1.86 bits per heavy atom. The van der Waals surface area contributed by atoms with Crippen LogP contribution in [-0.4, -0.2) is 33.5 Å². The van der Waals surface area contributed by atoms with Crippen molar-refractivity contribution in [3.63, 3.8) is 0 Å². The van der Waals surface area contributed by atoms with Crippen LogP contribution in [-0.2, 0) is 21.2 Å². The van der Waals surface area contributed by atoms with Crippen LogP contribution in [0.4, 0.5) is 0 Å². The minimum absolute atomic E-state index is 0.0345. The van der Waals surface area contributed by atoms with Crippen LogP contribution in [0.1, 0.15) is 25.8 Å². The van der Waals surface area contributed by atoms with E-state index in [0.717, 1.165) is 12.0 Å². The van der Waals surface area contributed by atoms with Crippen molar-refractivity contribution >= 4 is 27.5 Å². The second kappa shape index (κ2) is 9.91. The zero-order chi connectivity index (χ0) is 20.7. The highest BCUT2D eigenvalue weighted by atomic mass is 35.5. The first-order valence-electron chi connectivity index (χ1n) is 8.97. The summed E-state index contributed by atoms with van der Waals surface area (Å²) in [7, 11) is -2.52. The van der Waals surface area contributed by atoms with Gasteiger partial charge in [0.2, 0.25) is 15.9 Å². The number of rotatable bonds is 9. The van der Waals surface area contributed by atoms with E-state index >= 15 is 0 Å². The average Bonchev–Trinajstić information content (AvgIpc) is 2.67. The molecule has 0 radical (unpaired) electrons. The number of sulfonamides is 1. The summed E-state index contributed by atoms with van der Waals surface area (Å²) < 4.78 is 33.3. The number of halogens is 1. The fourth-order valence-corrected chi connectivity index (χ4v) is 4.10. The van der Waals surface area contributed by atoms with E-state index < -0.39 is 16.1 Å². The molecule has 0 bridgehead atoms. The maximum atomic E-state index is 12.9. The fourth-order valence-electron chi connectivity index (χ4n) is 2.55. The summed E-state index contributed by atoms with van der Waals surface area (Å²) in [5, 5.41) is 3.02. The Morgan fingerprint density at radius 3 is 2.43 bits per heavy atom. The Hall–Kier alpha value is -2.09. The number of methoxy groups -OCH3 is 1. The molecule has 28 heavy (non-hydrogen) atoms. The predicted molar refractivity (Wildman–Crippen MR) is 110 cm³/mol. The van der Waals surface area contributed by atoms with Crippen LogP contribution in [0, 0.1) is 0 Å². The fraction of sp³-hybridized carbons (Fsp3) is 0.350. The molecule has 0 aliphatic rings. The number of carbonyl (C=O) groups is 1. The van der Waals surface area contributed by atoms with Gasteiger partial charge in [-0.1, -0.05) is 48.9 Å². The number of ether oxygens (including phenoxy) is 1. The van der Waals surface area contributed by atoms with Crippen molar-refractivity contribution in [2.75, 3.05) is 7.11 Å². The molecular formula is C20H25ClN2O4S. The van der Waals surface area contributed by atoms with Crippen LogP contribution < -0.4 is 14.8 Å². The third-order valence-electron chi connectivity index (χ3n) is 4.33. The smallest absolute Gasteiger partial charge is 0.241 e. The van der Waals surface area contributed by atoms with Gasteiger partial charge >= 0.3 is 0 Å². The second-order valence-electron chi connectivity index (χ2n) is 6.48. The molecule has 0 aliphatic heterocycles. The molecule has 6 nitrogen and oxygen atoms in total. The molecule has 0 fully saturated rings. The lowest BCUT2D eigenvalue weighted by atomic mass is 10.1. The minimum atomic E-state index is -3.97. The topological polar surface area (TPSA) is 84.5 Å². The Morgan fingerprint density at radius 1 is 1.18 bits per heavy atom. The number of carbonyl (C=O) groups excluding carboxylic acids is 1. The van der Waals surface area contributed by atoms with Gasteiger partial charge in [0.25, 0.3) is 0 Å². The van der Waals surface area contributed by atoms with E-state index in [0.29, 0.717) is 5.75 Å². The van der Waals surface area contributed by atoms with Gasteiger partial charge in [-0.05, 0) is 43.5 Å². The Kier molecular flexibility index (Phi) is 7.86. The molecule has 0 aliphatic carbocycles. The largest absolute Gasteiger partial charge is 0.495 e. The Bertz CT molecular complexity index is 904. The van der Waals surface area contributed by atoms with E-state index in [-0.39, 0.29) is 28.3 Å². The maximum absolute atomic E-state index is 12.9. The summed E-state index contributed by atoms with van der Waals surface area (Å²) in [5.41, 5.74) is 0.849. The standard InChI is InChI=1S/C20H25ClN2O4S/c1-4-14(2)22-20(24)18(12-15-8-6-5-7-9-15)23-28(25,26)16-10-11-19(27-3)17(21)13-16/h5-11,13-14,18,23H,4,12H2,1-3H3,(H,22,24)/t14-,18-/m1/s1. The lowest BCUT2D eigenvalue weighted by Crippen LogP contribution is -2.50. The number of hydrogen-bond acceptors (Lipinski definition) is 4. The van der Waals surface area contributed by atoms with Crippen molar-refractivity contribution in [1.82, 2.24) is 10.0 Å². The van der Waals surface area contributed by atoms with Crippen molar-refractivity contribution in [3.8, 4) is 5.75 Å². The summed E-state index contributed by atoms with van der Waals surface area (Å²) in [6, 6.07) is 12.4. The van der Waals surface area contributed by atoms with Gasteiger partial charge in [-0.25, -0.2) is 8.42 Å². The number of benzene rings is 2. The molecule has 0 spiro atoms. The third-order valence-corrected chi connectivity index (χ3v) is 6.10. The first-order chi connectivity index (χ1) is 13.3. The highest BCUT2D eigenvalue weighted by Crippen LogP contribution is 2.27. The van der Waals surface area contributed by atoms with E-state index in [2.05, 4.69) is 10.0 Å². The molecule has 2 aromatic rings. The van der Waals surface area contributed by atoms with Crippen LogP contribution in [0.5, 0.6) is 5.75 Å². The van der Waals surface area contributed by atoms with E-state index in [1.54, 1.807) is 0 Å². The molecule has 2 aromatic carbocycles. The van der Waals surface area contributed by atoms with Gasteiger partial charge < -0.3 is 10.1 Å². The van der Waals surface area contributed by atoms with Crippen molar-refractivity contribution in [1.29, 1.82) is 0 Å². The summed E-state index contributed by atoms with van der Waals surface area (Å²) in [4.78, 5) is 12.7. The van der Waals surface area contributed by atoms with Crippen LogP contribution in [0.25, 0.3) is 0 Å². The van der Waals surface area contributed by atoms with Gasteiger partial charge in [0, 0.05) is 6.04 Å². The van der Waals surface area contributed by atoms with Crippen molar-refractivity contribution in [2.45, 2.75) is 43.7 Å². The normalized spacial score (nSPS) is 13.6. The predicted octanol–water partition coefficient (Wildman–Crippen LogP) is 3.15. The van der Waals surface area contributed by atoms with Gasteiger partial charge in [0.15, 0.2) is 0 Å². The Labute approximate surface area is 171 Å². The molecular weight excluding hydrogens is 400 g/mol. The molecule has 2 N–H and O–H groups in total. The third kappa shape index (κ3) is 5.95. The molecule has 0 aromatic heterocycles. The highest BCUT2D eigenvalue weighted by molar-refractivity contribution is 7.89. The SMILES string of the molecule is CC[C@@H](C)NC(=O)[C@@H](Cc1ccccc1)NS(=O)(=O)c1ccc(OC)c(Cl)c1. The average molecular weight is 425 g/mol. The first kappa shape index (κ1) is 22.2. The van der Waals surface area contributed by atoms with Gasteiger partial charge in [-0.2, -0.15) is 4.72 Å². The number of hydrogen-bond donors (Lipinski definition) is 2. The molecule has 0 unspecified atom stereocenters. The molecule has 2 atom stereocenters. The molecule has 0 heterocycles. The van der Waals surface area contributed by atoms with Crippen molar-refractivity contribution in [3.05, 3.63) is 59.1 Å². The number of amides is 1. The lowest BCUT2D eigenvalue weighted by molar-refractivity contribution is -0.123. The number of nitrogens with one attached hydrogen (secondary N) is 2. The second-order valence-corrected chi connectivity index (χ2v) is 8.60. The molecule has 0 saturated carbocycles. The lowest BCUT2D eigenvalue weighted by Gasteiger charge is -2.21. The zero-order valence-corrected chi connectivity index (χ0v) is 17.7. The quantitative estimate of drug-likeness (QED) is 0.647. The van der Waals surface area contributed by atoms with E-state index in [1.165, 1.54) is 25.3 Å². The van der Waals surface area contributed by atoms with Gasteiger partial charge in [-0.3, -0.25) is 4.79 Å². The van der Waals surface area contributed by atoms with Gasteiger partial charge in [0.1, 0.15) is 11.8 Å². The molecule has 0 saturated heterocycles. The minimum Gasteiger partial charge on any atom is -0.495 e. The first-order valence-corrected chi connectivity index (χ1v) is 10.8. The summed E-state index contributed by atoms with van der Waals surface area (Å²) in [6.45, 7) is 3.82. The van der Waals surface area contributed by atoms with Gasteiger partial charge in [0.05, 0.1) is 17.0 Å². The van der Waals surface area contributed by atoms with Crippen LogP contribution in [0.15, 0.2) is 53.4 Å². The summed E-state index contributed by atoms with van der Waals surface area (Å²) in [6.07, 6.45) is 0.969. The van der Waals surface area contributed by atoms with Gasteiger partial charge in [-0.15, -0.1) is 0 Å². The van der Waals surface area contributed by atoms with Crippen molar-refractivity contribution in [2.24, 2.45) is 0 Å². The van der Waals surface area contributed by atoms with Crippen LogP contribution in [0.3, 0.4) is 0 Å². The molecule has 152 valence electrons. The van der Waals surface area contributed by atoms with Crippen molar-refractivity contribution < 1.29 is 17.9 Å². The van der Waals surface area contributed by atoms with Crippen LogP contribution in [0.2, 0.25) is 5.02 Å². The zero-order valence-electron chi connectivity index (χ0n) is 16.1. The molecule has 2 rings (SSSR count). The van der Waals surface area contributed by atoms with E-state index in [1.807, 2.05) is 44.2 Å². The maximum Gasteiger partial charge on any atom is 0.241 e. The Balaban J connectivity index is 2.29. The van der Waals surface area contributed by atoms with E-state index in [4.69, 9.17) is 16.3 Å². The monoisotopic (exact) mass is 424 g/mol. The summed E-state index contributed by atoms with van der Waals surface area (Å²) >= 11 is 6.06. The molecule has 1 amide bonds. The van der Waals surface area contributed by atoms with E-state index in [9.17, 15) is 13.2 Å². The van der Waals surface area contributed by atoms with Crippen LogP contribution >= 0.6 is 11.6 Å². The summed E-state index contributed by atoms with van der Waals surface area (Å²) in [5.74, 6) is -0.00245. The highest BCUT2D eigenvalue weighted by Gasteiger charge is 2.27.